The fourth-order valence-electron chi connectivity index (χ4n) is 1.45. The molecular formula is C12H15NOS. The topological polar surface area (TPSA) is 25.2 Å². The van der Waals surface area contributed by atoms with Crippen molar-refractivity contribution in [2.24, 2.45) is 0 Å². The molecule has 80 valence electrons. The van der Waals surface area contributed by atoms with Gasteiger partial charge in [0.1, 0.15) is 5.76 Å². The Balaban J connectivity index is 1.70. The number of rotatable bonds is 5. The summed E-state index contributed by atoms with van der Waals surface area (Å²) in [5.74, 6) is 1.04. The molecule has 0 radical (unpaired) electrons. The van der Waals surface area contributed by atoms with Gasteiger partial charge in [-0.15, -0.1) is 0 Å². The predicted molar refractivity (Wildman–Crippen MR) is 63.2 cm³/mol. The van der Waals surface area contributed by atoms with Crippen LogP contribution in [-0.4, -0.2) is 6.54 Å². The molecule has 0 unspecified atom stereocenters. The molecule has 0 aromatic carbocycles. The van der Waals surface area contributed by atoms with Crippen molar-refractivity contribution in [2.75, 3.05) is 6.54 Å². The van der Waals surface area contributed by atoms with Gasteiger partial charge < -0.3 is 9.73 Å². The van der Waals surface area contributed by atoms with Gasteiger partial charge in [-0.3, -0.25) is 0 Å². The van der Waals surface area contributed by atoms with Gasteiger partial charge in [-0.1, -0.05) is 0 Å². The fourth-order valence-corrected chi connectivity index (χ4v) is 2.16. The second kappa shape index (κ2) is 5.14. The van der Waals surface area contributed by atoms with Crippen LogP contribution >= 0.6 is 11.3 Å². The molecule has 0 aliphatic rings. The third-order valence-corrected chi connectivity index (χ3v) is 3.16. The monoisotopic (exact) mass is 221 g/mol. The first-order chi connectivity index (χ1) is 7.36. The average molecular weight is 221 g/mol. The maximum atomic E-state index is 5.34. The highest BCUT2D eigenvalue weighted by molar-refractivity contribution is 7.07. The van der Waals surface area contributed by atoms with Crippen LogP contribution in [0.1, 0.15) is 16.9 Å². The Hall–Kier alpha value is -1.06. The Kier molecular flexibility index (Phi) is 3.59. The summed E-state index contributed by atoms with van der Waals surface area (Å²) in [5.41, 5.74) is 2.63. The van der Waals surface area contributed by atoms with Gasteiger partial charge in [-0.2, -0.15) is 11.3 Å². The fraction of sp³-hybridized carbons (Fsp3) is 0.333. The molecule has 2 nitrogen and oxygen atoms in total. The Morgan fingerprint density at radius 1 is 1.40 bits per heavy atom. The molecule has 3 heteroatoms. The van der Waals surface area contributed by atoms with E-state index in [9.17, 15) is 0 Å². The zero-order valence-electron chi connectivity index (χ0n) is 8.82. The lowest BCUT2D eigenvalue weighted by molar-refractivity contribution is 0.481. The summed E-state index contributed by atoms with van der Waals surface area (Å²) in [6.45, 7) is 3.89. The van der Waals surface area contributed by atoms with Crippen LogP contribution in [-0.2, 0) is 13.0 Å². The van der Waals surface area contributed by atoms with E-state index in [1.54, 1.807) is 17.6 Å². The molecule has 0 saturated carbocycles. The van der Waals surface area contributed by atoms with E-state index in [-0.39, 0.29) is 0 Å². The lowest BCUT2D eigenvalue weighted by atomic mass is 10.2. The van der Waals surface area contributed by atoms with Crippen molar-refractivity contribution < 1.29 is 4.42 Å². The van der Waals surface area contributed by atoms with Crippen molar-refractivity contribution in [3.8, 4) is 0 Å². The van der Waals surface area contributed by atoms with Gasteiger partial charge >= 0.3 is 0 Å². The molecule has 2 aromatic rings. The van der Waals surface area contributed by atoms with Crippen LogP contribution in [0.25, 0.3) is 0 Å². The molecule has 0 amide bonds. The van der Waals surface area contributed by atoms with Crippen molar-refractivity contribution in [1.82, 2.24) is 5.32 Å². The highest BCUT2D eigenvalue weighted by Crippen LogP contribution is 2.08. The van der Waals surface area contributed by atoms with Gasteiger partial charge in [0, 0.05) is 0 Å². The summed E-state index contributed by atoms with van der Waals surface area (Å²) in [4.78, 5) is 0. The van der Waals surface area contributed by atoms with Crippen LogP contribution in [0.4, 0.5) is 0 Å². The van der Waals surface area contributed by atoms with Crippen LogP contribution in [0.15, 0.2) is 33.6 Å². The standard InChI is InChI=1S/C12H15NOS/c1-10-3-6-14-12(10)8-13-5-2-11-4-7-15-9-11/h3-4,6-7,9,13H,2,5,8H2,1H3. The second-order valence-electron chi connectivity index (χ2n) is 3.59. The van der Waals surface area contributed by atoms with Crippen LogP contribution in [0.2, 0.25) is 0 Å². The molecule has 0 fully saturated rings. The van der Waals surface area contributed by atoms with Gasteiger partial charge in [0.05, 0.1) is 12.8 Å². The normalized spacial score (nSPS) is 10.7. The quantitative estimate of drug-likeness (QED) is 0.785. The molecule has 15 heavy (non-hydrogen) atoms. The van der Waals surface area contributed by atoms with Crippen molar-refractivity contribution in [3.63, 3.8) is 0 Å². The molecule has 0 saturated heterocycles. The van der Waals surface area contributed by atoms with Crippen LogP contribution in [0.3, 0.4) is 0 Å². The second-order valence-corrected chi connectivity index (χ2v) is 4.37. The smallest absolute Gasteiger partial charge is 0.120 e. The Morgan fingerprint density at radius 3 is 3.00 bits per heavy atom. The van der Waals surface area contributed by atoms with Gasteiger partial charge in [-0.05, 0) is 53.9 Å². The Bertz CT molecular complexity index is 391. The van der Waals surface area contributed by atoms with E-state index < -0.39 is 0 Å². The van der Waals surface area contributed by atoms with Crippen LogP contribution in [0, 0.1) is 6.92 Å². The molecule has 0 aliphatic carbocycles. The highest BCUT2D eigenvalue weighted by Gasteiger charge is 2.00. The Morgan fingerprint density at radius 2 is 2.33 bits per heavy atom. The summed E-state index contributed by atoms with van der Waals surface area (Å²) in [6, 6.07) is 4.17. The SMILES string of the molecule is Cc1ccoc1CNCCc1ccsc1. The average Bonchev–Trinajstić information content (AvgIpc) is 2.85. The molecule has 0 bridgehead atoms. The van der Waals surface area contributed by atoms with Crippen LogP contribution in [0.5, 0.6) is 0 Å². The summed E-state index contributed by atoms with van der Waals surface area (Å²) in [7, 11) is 0. The Labute approximate surface area is 93.9 Å². The third-order valence-electron chi connectivity index (χ3n) is 2.42. The number of hydrogen-bond acceptors (Lipinski definition) is 3. The lowest BCUT2D eigenvalue weighted by Crippen LogP contribution is -2.16. The minimum Gasteiger partial charge on any atom is -0.468 e. The van der Waals surface area contributed by atoms with E-state index in [1.165, 1.54) is 11.1 Å². The zero-order chi connectivity index (χ0) is 10.5. The molecule has 0 aliphatic heterocycles. The first-order valence-corrected chi connectivity index (χ1v) is 6.05. The zero-order valence-corrected chi connectivity index (χ0v) is 9.64. The molecule has 0 spiro atoms. The predicted octanol–water partition coefficient (Wildman–Crippen LogP) is 2.98. The minimum atomic E-state index is 0.822. The first-order valence-electron chi connectivity index (χ1n) is 5.11. The minimum absolute atomic E-state index is 0.822. The number of aryl methyl sites for hydroxylation is 1. The van der Waals surface area contributed by atoms with E-state index in [0.29, 0.717) is 0 Å². The van der Waals surface area contributed by atoms with Crippen LogP contribution < -0.4 is 5.32 Å². The van der Waals surface area contributed by atoms with Gasteiger partial charge in [0.25, 0.3) is 0 Å². The van der Waals surface area contributed by atoms with E-state index >= 15 is 0 Å². The summed E-state index contributed by atoms with van der Waals surface area (Å²) < 4.78 is 5.34. The van der Waals surface area contributed by atoms with E-state index in [0.717, 1.165) is 25.3 Å². The molecule has 2 rings (SSSR count). The van der Waals surface area contributed by atoms with Crippen molar-refractivity contribution in [1.29, 1.82) is 0 Å². The maximum absolute atomic E-state index is 5.34. The number of hydrogen-bond donors (Lipinski definition) is 1. The van der Waals surface area contributed by atoms with Gasteiger partial charge in [0.15, 0.2) is 0 Å². The van der Waals surface area contributed by atoms with Gasteiger partial charge in [0.2, 0.25) is 0 Å². The summed E-state index contributed by atoms with van der Waals surface area (Å²) >= 11 is 1.75. The van der Waals surface area contributed by atoms with Gasteiger partial charge in [-0.25, -0.2) is 0 Å². The molecule has 2 heterocycles. The van der Waals surface area contributed by atoms with Crippen molar-refractivity contribution >= 4 is 11.3 Å². The summed E-state index contributed by atoms with van der Waals surface area (Å²) in [5, 5.41) is 7.69. The number of furan rings is 1. The number of nitrogens with one attached hydrogen (secondary N) is 1. The highest BCUT2D eigenvalue weighted by atomic mass is 32.1. The first kappa shape index (κ1) is 10.5. The molecule has 1 N–H and O–H groups in total. The molecule has 2 aromatic heterocycles. The molecule has 0 atom stereocenters. The maximum Gasteiger partial charge on any atom is 0.120 e. The van der Waals surface area contributed by atoms with E-state index in [1.807, 2.05) is 6.07 Å². The van der Waals surface area contributed by atoms with E-state index in [4.69, 9.17) is 4.42 Å². The van der Waals surface area contributed by atoms with Crippen molar-refractivity contribution in [3.05, 3.63) is 46.0 Å². The number of thiophene rings is 1. The summed E-state index contributed by atoms with van der Waals surface area (Å²) in [6.07, 6.45) is 2.83. The van der Waals surface area contributed by atoms with E-state index in [2.05, 4.69) is 29.1 Å². The van der Waals surface area contributed by atoms with Crippen molar-refractivity contribution in [2.45, 2.75) is 19.9 Å². The lowest BCUT2D eigenvalue weighted by Gasteiger charge is -2.02. The third kappa shape index (κ3) is 2.94. The largest absolute Gasteiger partial charge is 0.468 e. The molecular weight excluding hydrogens is 206 g/mol.